The normalized spacial score (nSPS) is 10.2. The average molecular weight is 378 g/mol. The lowest BCUT2D eigenvalue weighted by atomic mass is 10.2. The Bertz CT molecular complexity index is 959. The van der Waals surface area contributed by atoms with Crippen LogP contribution in [0, 0.1) is 6.92 Å². The molecule has 2 heterocycles. The number of pyridine rings is 2. The Kier molecular flexibility index (Phi) is 6.03. The average Bonchev–Trinajstić information content (AvgIpc) is 2.70. The second kappa shape index (κ2) is 8.83. The topological polar surface area (TPSA) is 100 Å². The molecule has 144 valence electrons. The third kappa shape index (κ3) is 4.54. The number of carbonyl (C=O) groups is 1. The molecule has 8 nitrogen and oxygen atoms in total. The summed E-state index contributed by atoms with van der Waals surface area (Å²) in [4.78, 5) is 25.7. The van der Waals surface area contributed by atoms with Crippen LogP contribution in [0.25, 0.3) is 0 Å². The van der Waals surface area contributed by atoms with Crippen LogP contribution >= 0.6 is 0 Å². The molecule has 0 saturated carbocycles. The van der Waals surface area contributed by atoms with Gasteiger partial charge in [-0.1, -0.05) is 17.7 Å². The van der Waals surface area contributed by atoms with Crippen molar-refractivity contribution in [1.29, 1.82) is 0 Å². The number of hydrogen-bond donors (Lipinski definition) is 4. The van der Waals surface area contributed by atoms with Gasteiger partial charge in [0.2, 0.25) is 0 Å². The molecule has 3 aromatic rings. The molecule has 3 rings (SSSR count). The Morgan fingerprint density at radius 3 is 2.54 bits per heavy atom. The highest BCUT2D eigenvalue weighted by Gasteiger charge is 2.15. The molecular weight excluding hydrogens is 356 g/mol. The summed E-state index contributed by atoms with van der Waals surface area (Å²) in [7, 11) is 3.16. The van der Waals surface area contributed by atoms with E-state index < -0.39 is 5.91 Å². The van der Waals surface area contributed by atoms with Crippen molar-refractivity contribution >= 4 is 34.6 Å². The molecular formula is C20H22N6O2. The van der Waals surface area contributed by atoms with E-state index in [1.54, 1.807) is 19.3 Å². The molecule has 0 radical (unpaired) electrons. The van der Waals surface area contributed by atoms with Crippen LogP contribution in [-0.2, 0) is 4.84 Å². The van der Waals surface area contributed by atoms with Gasteiger partial charge in [0.25, 0.3) is 5.91 Å². The zero-order valence-corrected chi connectivity index (χ0v) is 15.9. The molecule has 0 aliphatic rings. The van der Waals surface area contributed by atoms with Gasteiger partial charge in [0.05, 0.1) is 24.0 Å². The minimum absolute atomic E-state index is 0.335. The number of aryl methyl sites for hydroxylation is 1. The lowest BCUT2D eigenvalue weighted by molar-refractivity contribution is 0.0538. The molecule has 0 unspecified atom stereocenters. The molecule has 1 amide bonds. The fraction of sp³-hybridized carbons (Fsp3) is 0.150. The van der Waals surface area contributed by atoms with Gasteiger partial charge in [0.15, 0.2) is 0 Å². The van der Waals surface area contributed by atoms with Gasteiger partial charge in [-0.05, 0) is 31.2 Å². The predicted octanol–water partition coefficient (Wildman–Crippen LogP) is 3.61. The summed E-state index contributed by atoms with van der Waals surface area (Å²) in [6.07, 6.45) is 3.18. The van der Waals surface area contributed by atoms with E-state index >= 15 is 0 Å². The first-order valence-electron chi connectivity index (χ1n) is 8.67. The number of nitrogens with one attached hydrogen (secondary N) is 4. The van der Waals surface area contributed by atoms with E-state index in [2.05, 4.69) is 31.4 Å². The molecule has 1 aromatic carbocycles. The fourth-order valence-electron chi connectivity index (χ4n) is 2.59. The summed E-state index contributed by atoms with van der Waals surface area (Å²) in [5.74, 6) is 0.843. The Hall–Kier alpha value is -3.65. The van der Waals surface area contributed by atoms with Crippen molar-refractivity contribution in [3.63, 3.8) is 0 Å². The monoisotopic (exact) mass is 378 g/mol. The van der Waals surface area contributed by atoms with E-state index in [-0.39, 0.29) is 0 Å². The number of carbonyl (C=O) groups excluding carboxylic acids is 1. The van der Waals surface area contributed by atoms with Gasteiger partial charge >= 0.3 is 0 Å². The lowest BCUT2D eigenvalue weighted by Crippen LogP contribution is -2.23. The first kappa shape index (κ1) is 19.1. The number of hydrogen-bond acceptors (Lipinski definition) is 7. The third-order valence-electron chi connectivity index (χ3n) is 3.98. The van der Waals surface area contributed by atoms with Crippen LogP contribution in [0.1, 0.15) is 15.9 Å². The minimum atomic E-state index is -0.408. The molecule has 0 aliphatic carbocycles. The number of anilines is 5. The van der Waals surface area contributed by atoms with Crippen molar-refractivity contribution in [2.75, 3.05) is 30.1 Å². The van der Waals surface area contributed by atoms with E-state index in [0.717, 1.165) is 11.4 Å². The van der Waals surface area contributed by atoms with Crippen LogP contribution < -0.4 is 21.4 Å². The van der Waals surface area contributed by atoms with E-state index in [1.165, 1.54) is 18.9 Å². The standard InChI is InChI=1S/C20H22N6O2/c1-13-6-8-14(9-7-13)24-18-11-17(15(12-23-18)20(27)26-28-3)25-16-5-4-10-22-19(16)21-2/h4-12H,1-3H3,(H,21,22)(H,26,27)(H2,23,24,25). The molecule has 0 atom stereocenters. The Morgan fingerprint density at radius 2 is 1.82 bits per heavy atom. The molecule has 4 N–H and O–H groups in total. The van der Waals surface area contributed by atoms with Crippen molar-refractivity contribution < 1.29 is 9.63 Å². The highest BCUT2D eigenvalue weighted by molar-refractivity contribution is 6.00. The van der Waals surface area contributed by atoms with Gasteiger partial charge in [0, 0.05) is 31.2 Å². The van der Waals surface area contributed by atoms with Gasteiger partial charge < -0.3 is 16.0 Å². The largest absolute Gasteiger partial charge is 0.371 e. The SMILES string of the molecule is CNc1ncccc1Nc1cc(Nc2ccc(C)cc2)ncc1C(=O)NOC. The second-order valence-corrected chi connectivity index (χ2v) is 6.02. The minimum Gasteiger partial charge on any atom is -0.371 e. The maximum absolute atomic E-state index is 12.3. The van der Waals surface area contributed by atoms with Crippen molar-refractivity contribution in [2.45, 2.75) is 6.92 Å². The van der Waals surface area contributed by atoms with E-state index in [1.807, 2.05) is 43.3 Å². The second-order valence-electron chi connectivity index (χ2n) is 6.02. The lowest BCUT2D eigenvalue weighted by Gasteiger charge is -2.15. The Labute approximate surface area is 163 Å². The van der Waals surface area contributed by atoms with E-state index in [9.17, 15) is 4.79 Å². The van der Waals surface area contributed by atoms with Crippen LogP contribution in [0.4, 0.5) is 28.7 Å². The van der Waals surface area contributed by atoms with Crippen LogP contribution in [0.2, 0.25) is 0 Å². The first-order chi connectivity index (χ1) is 13.6. The van der Waals surface area contributed by atoms with Crippen LogP contribution in [-0.4, -0.2) is 30.0 Å². The third-order valence-corrected chi connectivity index (χ3v) is 3.98. The molecule has 0 aliphatic heterocycles. The maximum atomic E-state index is 12.3. The Balaban J connectivity index is 1.95. The molecule has 28 heavy (non-hydrogen) atoms. The van der Waals surface area contributed by atoms with Gasteiger partial charge in [0.1, 0.15) is 11.6 Å². The van der Waals surface area contributed by atoms with Crippen molar-refractivity contribution in [1.82, 2.24) is 15.4 Å². The summed E-state index contributed by atoms with van der Waals surface area (Å²) >= 11 is 0. The fourth-order valence-corrected chi connectivity index (χ4v) is 2.59. The van der Waals surface area contributed by atoms with Crippen LogP contribution in [0.15, 0.2) is 54.9 Å². The van der Waals surface area contributed by atoms with Crippen LogP contribution in [0.3, 0.4) is 0 Å². The zero-order chi connectivity index (χ0) is 19.9. The molecule has 8 heteroatoms. The number of benzene rings is 1. The number of amides is 1. The van der Waals surface area contributed by atoms with Gasteiger partial charge in [-0.3, -0.25) is 9.63 Å². The molecule has 0 spiro atoms. The summed E-state index contributed by atoms with van der Waals surface area (Å²) in [5.41, 5.74) is 6.01. The number of aromatic nitrogens is 2. The highest BCUT2D eigenvalue weighted by Crippen LogP contribution is 2.28. The number of hydroxylamine groups is 1. The number of rotatable bonds is 7. The molecule has 2 aromatic heterocycles. The molecule has 0 bridgehead atoms. The molecule has 0 fully saturated rings. The summed E-state index contributed by atoms with van der Waals surface area (Å²) in [5, 5.41) is 9.50. The van der Waals surface area contributed by atoms with Gasteiger partial charge in [-0.15, -0.1) is 0 Å². The van der Waals surface area contributed by atoms with Crippen molar-refractivity contribution in [3.8, 4) is 0 Å². The van der Waals surface area contributed by atoms with E-state index in [0.29, 0.717) is 22.9 Å². The quantitative estimate of drug-likeness (QED) is 0.466. The van der Waals surface area contributed by atoms with Gasteiger partial charge in [-0.2, -0.15) is 0 Å². The smallest absolute Gasteiger partial charge is 0.278 e. The van der Waals surface area contributed by atoms with Crippen molar-refractivity contribution in [3.05, 3.63) is 66.0 Å². The first-order valence-corrected chi connectivity index (χ1v) is 8.67. The maximum Gasteiger partial charge on any atom is 0.278 e. The summed E-state index contributed by atoms with van der Waals surface area (Å²) < 4.78 is 0. The Morgan fingerprint density at radius 1 is 1.04 bits per heavy atom. The number of nitrogens with zero attached hydrogens (tertiary/aromatic N) is 2. The van der Waals surface area contributed by atoms with Gasteiger partial charge in [-0.25, -0.2) is 15.4 Å². The summed E-state index contributed by atoms with van der Waals surface area (Å²) in [6, 6.07) is 13.4. The highest BCUT2D eigenvalue weighted by atomic mass is 16.6. The van der Waals surface area contributed by atoms with Crippen LogP contribution in [0.5, 0.6) is 0 Å². The summed E-state index contributed by atoms with van der Waals surface area (Å²) in [6.45, 7) is 2.03. The predicted molar refractivity (Wildman–Crippen MR) is 110 cm³/mol. The molecule has 0 saturated heterocycles. The zero-order valence-electron chi connectivity index (χ0n) is 15.9. The van der Waals surface area contributed by atoms with E-state index in [4.69, 9.17) is 4.84 Å². The van der Waals surface area contributed by atoms with Crippen molar-refractivity contribution in [2.24, 2.45) is 0 Å².